The summed E-state index contributed by atoms with van der Waals surface area (Å²) in [5, 5.41) is 4.70. The lowest BCUT2D eigenvalue weighted by Gasteiger charge is -2.19. The van der Waals surface area contributed by atoms with Gasteiger partial charge < -0.3 is 10.2 Å². The van der Waals surface area contributed by atoms with E-state index in [-0.39, 0.29) is 0 Å². The Morgan fingerprint density at radius 3 is 2.79 bits per heavy atom. The highest BCUT2D eigenvalue weighted by Crippen LogP contribution is 2.17. The van der Waals surface area contributed by atoms with Crippen LogP contribution in [0.1, 0.15) is 19.4 Å². The summed E-state index contributed by atoms with van der Waals surface area (Å²) < 4.78 is 0. The van der Waals surface area contributed by atoms with Gasteiger partial charge in [0.25, 0.3) is 0 Å². The molecule has 1 N–H and O–H groups in total. The normalized spacial score (nSPS) is 11.6. The largest absolute Gasteiger partial charge is 0.313 e. The molecular weight excluding hydrogens is 234 g/mol. The molecule has 1 aromatic heterocycles. The highest BCUT2D eigenvalue weighted by molar-refractivity contribution is 5.81. The van der Waals surface area contributed by atoms with Gasteiger partial charge in [0.05, 0.1) is 5.52 Å². The van der Waals surface area contributed by atoms with Gasteiger partial charge in [0.2, 0.25) is 0 Å². The average Bonchev–Trinajstić information content (AvgIpc) is 2.39. The summed E-state index contributed by atoms with van der Waals surface area (Å²) in [5.74, 6) is 0. The van der Waals surface area contributed by atoms with Crippen molar-refractivity contribution in [1.29, 1.82) is 0 Å². The molecule has 2 rings (SSSR count). The van der Waals surface area contributed by atoms with Crippen molar-refractivity contribution in [2.45, 2.75) is 26.4 Å². The molecular formula is C16H23N3. The van der Waals surface area contributed by atoms with E-state index in [4.69, 9.17) is 0 Å². The average molecular weight is 257 g/mol. The van der Waals surface area contributed by atoms with Crippen LogP contribution >= 0.6 is 0 Å². The van der Waals surface area contributed by atoms with E-state index in [9.17, 15) is 0 Å². The zero-order valence-electron chi connectivity index (χ0n) is 12.1. The summed E-state index contributed by atoms with van der Waals surface area (Å²) in [6.07, 6.45) is 1.90. The van der Waals surface area contributed by atoms with Crippen LogP contribution in [-0.2, 0) is 6.54 Å². The Morgan fingerprint density at radius 2 is 2.00 bits per heavy atom. The van der Waals surface area contributed by atoms with Gasteiger partial charge in [0.15, 0.2) is 0 Å². The first-order chi connectivity index (χ1) is 9.16. The van der Waals surface area contributed by atoms with Crippen LogP contribution in [0.4, 0.5) is 0 Å². The lowest BCUT2D eigenvalue weighted by Crippen LogP contribution is -2.32. The second-order valence-electron chi connectivity index (χ2n) is 5.33. The van der Waals surface area contributed by atoms with Crippen LogP contribution in [-0.4, -0.2) is 36.1 Å². The Hall–Kier alpha value is -1.45. The van der Waals surface area contributed by atoms with E-state index >= 15 is 0 Å². The Labute approximate surface area is 115 Å². The number of nitrogens with one attached hydrogen (secondary N) is 1. The molecule has 0 unspecified atom stereocenters. The second kappa shape index (κ2) is 6.64. The summed E-state index contributed by atoms with van der Waals surface area (Å²) in [4.78, 5) is 6.75. The van der Waals surface area contributed by atoms with Gasteiger partial charge in [0, 0.05) is 37.3 Å². The first-order valence-electron chi connectivity index (χ1n) is 6.91. The third kappa shape index (κ3) is 4.01. The fourth-order valence-corrected chi connectivity index (χ4v) is 2.21. The number of rotatable bonds is 6. The Balaban J connectivity index is 2.00. The second-order valence-corrected chi connectivity index (χ2v) is 5.33. The molecule has 3 nitrogen and oxygen atoms in total. The van der Waals surface area contributed by atoms with Gasteiger partial charge in [-0.3, -0.25) is 4.98 Å². The maximum absolute atomic E-state index is 4.40. The molecule has 0 saturated heterocycles. The minimum Gasteiger partial charge on any atom is -0.313 e. The highest BCUT2D eigenvalue weighted by Gasteiger charge is 2.05. The van der Waals surface area contributed by atoms with Crippen molar-refractivity contribution in [2.75, 3.05) is 20.1 Å². The number of hydrogen-bond donors (Lipinski definition) is 1. The zero-order valence-corrected chi connectivity index (χ0v) is 12.1. The number of fused-ring (bicyclic) bond motifs is 1. The Bertz CT molecular complexity index is 517. The Kier molecular flexibility index (Phi) is 4.88. The van der Waals surface area contributed by atoms with Gasteiger partial charge in [-0.15, -0.1) is 0 Å². The van der Waals surface area contributed by atoms with Gasteiger partial charge in [-0.1, -0.05) is 32.0 Å². The summed E-state index contributed by atoms with van der Waals surface area (Å²) in [5.41, 5.74) is 2.42. The minimum absolute atomic E-state index is 0.551. The first-order valence-corrected chi connectivity index (χ1v) is 6.91. The molecule has 0 aliphatic carbocycles. The van der Waals surface area contributed by atoms with Crippen LogP contribution in [0.2, 0.25) is 0 Å². The monoisotopic (exact) mass is 257 g/mol. The van der Waals surface area contributed by atoms with Gasteiger partial charge in [-0.2, -0.15) is 0 Å². The van der Waals surface area contributed by atoms with Crippen LogP contribution in [0.25, 0.3) is 10.9 Å². The van der Waals surface area contributed by atoms with Crippen molar-refractivity contribution in [3.63, 3.8) is 0 Å². The van der Waals surface area contributed by atoms with Crippen LogP contribution in [0.5, 0.6) is 0 Å². The van der Waals surface area contributed by atoms with E-state index in [2.05, 4.69) is 60.4 Å². The molecule has 0 aliphatic rings. The molecule has 0 bridgehead atoms. The predicted octanol–water partition coefficient (Wildman–Crippen LogP) is 2.66. The van der Waals surface area contributed by atoms with Gasteiger partial charge in [-0.05, 0) is 24.7 Å². The van der Waals surface area contributed by atoms with E-state index < -0.39 is 0 Å². The minimum atomic E-state index is 0.551. The predicted molar refractivity (Wildman–Crippen MR) is 81.2 cm³/mol. The number of likely N-dealkylation sites (N-methyl/N-ethyl adjacent to an activating group) is 1. The molecule has 2 aromatic rings. The van der Waals surface area contributed by atoms with Gasteiger partial charge in [-0.25, -0.2) is 0 Å². The lowest BCUT2D eigenvalue weighted by atomic mass is 10.1. The SMILES string of the molecule is CC(C)NCCN(C)Cc1ccnc2ccccc12. The van der Waals surface area contributed by atoms with Crippen molar-refractivity contribution < 1.29 is 0 Å². The zero-order chi connectivity index (χ0) is 13.7. The maximum Gasteiger partial charge on any atom is 0.0705 e. The number of hydrogen-bond acceptors (Lipinski definition) is 3. The van der Waals surface area contributed by atoms with E-state index in [1.807, 2.05) is 12.3 Å². The fourth-order valence-electron chi connectivity index (χ4n) is 2.21. The van der Waals surface area contributed by atoms with Crippen molar-refractivity contribution in [3.8, 4) is 0 Å². The summed E-state index contributed by atoms with van der Waals surface area (Å²) in [6, 6.07) is 11.0. The van der Waals surface area contributed by atoms with E-state index in [0.717, 1.165) is 25.2 Å². The molecule has 0 aliphatic heterocycles. The van der Waals surface area contributed by atoms with Crippen LogP contribution in [0, 0.1) is 0 Å². The fraction of sp³-hybridized carbons (Fsp3) is 0.438. The number of pyridine rings is 1. The van der Waals surface area contributed by atoms with E-state index in [1.165, 1.54) is 10.9 Å². The highest BCUT2D eigenvalue weighted by atomic mass is 15.1. The van der Waals surface area contributed by atoms with E-state index in [1.54, 1.807) is 0 Å². The maximum atomic E-state index is 4.40. The lowest BCUT2D eigenvalue weighted by molar-refractivity contribution is 0.321. The quantitative estimate of drug-likeness (QED) is 0.862. The molecule has 0 fully saturated rings. The smallest absolute Gasteiger partial charge is 0.0705 e. The molecule has 0 atom stereocenters. The number of benzene rings is 1. The first kappa shape index (κ1) is 14.0. The standard InChI is InChI=1S/C16H23N3/c1-13(2)17-10-11-19(3)12-14-8-9-18-16-7-5-4-6-15(14)16/h4-9,13,17H,10-12H2,1-3H3. The molecule has 0 saturated carbocycles. The van der Waals surface area contributed by atoms with Gasteiger partial charge >= 0.3 is 0 Å². The molecule has 0 radical (unpaired) electrons. The van der Waals surface area contributed by atoms with Crippen molar-refractivity contribution in [1.82, 2.24) is 15.2 Å². The van der Waals surface area contributed by atoms with Crippen LogP contribution < -0.4 is 5.32 Å². The molecule has 19 heavy (non-hydrogen) atoms. The number of para-hydroxylation sites is 1. The molecule has 1 heterocycles. The molecule has 3 heteroatoms. The van der Waals surface area contributed by atoms with Crippen molar-refractivity contribution in [2.24, 2.45) is 0 Å². The Morgan fingerprint density at radius 1 is 1.21 bits per heavy atom. The summed E-state index contributed by atoms with van der Waals surface area (Å²) in [7, 11) is 2.16. The molecule has 0 spiro atoms. The third-order valence-electron chi connectivity index (χ3n) is 3.23. The van der Waals surface area contributed by atoms with Gasteiger partial charge in [0.1, 0.15) is 0 Å². The topological polar surface area (TPSA) is 28.2 Å². The van der Waals surface area contributed by atoms with Crippen LogP contribution in [0.3, 0.4) is 0 Å². The summed E-state index contributed by atoms with van der Waals surface area (Å²) in [6.45, 7) is 7.39. The van der Waals surface area contributed by atoms with Crippen LogP contribution in [0.15, 0.2) is 36.5 Å². The molecule has 0 amide bonds. The number of nitrogens with zero attached hydrogens (tertiary/aromatic N) is 2. The van der Waals surface area contributed by atoms with Crippen molar-refractivity contribution in [3.05, 3.63) is 42.1 Å². The van der Waals surface area contributed by atoms with E-state index in [0.29, 0.717) is 6.04 Å². The van der Waals surface area contributed by atoms with Crippen molar-refractivity contribution >= 4 is 10.9 Å². The molecule has 1 aromatic carbocycles. The third-order valence-corrected chi connectivity index (χ3v) is 3.23. The summed E-state index contributed by atoms with van der Waals surface area (Å²) >= 11 is 0. The number of aromatic nitrogens is 1. The molecule has 102 valence electrons.